The lowest BCUT2D eigenvalue weighted by molar-refractivity contribution is -0.187. The summed E-state index contributed by atoms with van der Waals surface area (Å²) in [5, 5.41) is 0. The van der Waals surface area contributed by atoms with E-state index in [0.29, 0.717) is 11.5 Å². The highest BCUT2D eigenvalue weighted by Crippen LogP contribution is 2.47. The first kappa shape index (κ1) is 26.3. The lowest BCUT2D eigenvalue weighted by Gasteiger charge is -2.58. The maximum Gasteiger partial charge on any atom is 0.267 e. The van der Waals surface area contributed by atoms with Gasteiger partial charge in [-0.15, -0.1) is 0 Å². The number of hydrogen-bond donors (Lipinski definition) is 0. The highest BCUT2D eigenvalue weighted by molar-refractivity contribution is 5.91. The van der Waals surface area contributed by atoms with Crippen LogP contribution in [0.2, 0.25) is 0 Å². The first-order chi connectivity index (χ1) is 20.7. The van der Waals surface area contributed by atoms with Crippen molar-refractivity contribution in [2.45, 2.75) is 62.1 Å². The first-order valence-electron chi connectivity index (χ1n) is 14.9. The number of para-hydroxylation sites is 2. The smallest absolute Gasteiger partial charge is 0.267 e. The van der Waals surface area contributed by atoms with Crippen molar-refractivity contribution in [3.05, 3.63) is 132 Å². The predicted octanol–water partition coefficient (Wildman–Crippen LogP) is 6.36. The minimum absolute atomic E-state index is 0.0223. The van der Waals surface area contributed by atoms with Crippen molar-refractivity contribution < 1.29 is 19.1 Å². The van der Waals surface area contributed by atoms with Gasteiger partial charge in [-0.3, -0.25) is 9.59 Å². The molecule has 0 N–H and O–H groups in total. The summed E-state index contributed by atoms with van der Waals surface area (Å²) in [6.45, 7) is 0. The van der Waals surface area contributed by atoms with Gasteiger partial charge in [0, 0.05) is 0 Å². The van der Waals surface area contributed by atoms with Gasteiger partial charge in [0.05, 0.1) is 12.1 Å². The van der Waals surface area contributed by atoms with Gasteiger partial charge in [0.2, 0.25) is 12.2 Å². The number of carbonyl (C=O) groups is 2. The van der Waals surface area contributed by atoms with E-state index in [1.54, 1.807) is 0 Å². The molecule has 4 aromatic rings. The third-order valence-electron chi connectivity index (χ3n) is 8.87. The van der Waals surface area contributed by atoms with Crippen LogP contribution < -0.4 is 9.47 Å². The van der Waals surface area contributed by atoms with Gasteiger partial charge in [-0.1, -0.05) is 110 Å². The van der Waals surface area contributed by atoms with Gasteiger partial charge in [-0.05, 0) is 48.2 Å². The van der Waals surface area contributed by atoms with Crippen LogP contribution in [0.1, 0.15) is 48.9 Å². The number of β-lactam (4-membered cyclic amide) rings is 2. The monoisotopic (exact) mass is 558 g/mol. The Kier molecular flexibility index (Phi) is 7.12. The zero-order valence-corrected chi connectivity index (χ0v) is 23.4. The van der Waals surface area contributed by atoms with Crippen molar-refractivity contribution in [2.75, 3.05) is 0 Å². The summed E-state index contributed by atoms with van der Waals surface area (Å²) >= 11 is 0. The largest absolute Gasteiger partial charge is 0.478 e. The lowest BCUT2D eigenvalue weighted by atomic mass is 9.78. The molecule has 212 valence electrons. The molecule has 0 bridgehead atoms. The molecule has 2 aliphatic heterocycles. The molecule has 1 aliphatic carbocycles. The van der Waals surface area contributed by atoms with Crippen LogP contribution in [0, 0.1) is 0 Å². The molecule has 1 saturated carbocycles. The van der Waals surface area contributed by atoms with Gasteiger partial charge in [-0.25, -0.2) is 0 Å². The van der Waals surface area contributed by atoms with Gasteiger partial charge in [0.15, 0.2) is 0 Å². The fraction of sp³-hybridized carbons (Fsp3) is 0.278. The number of benzene rings is 4. The molecule has 42 heavy (non-hydrogen) atoms. The Bertz CT molecular complexity index is 1400. The molecule has 6 heteroatoms. The molecule has 3 fully saturated rings. The number of amides is 2. The molecule has 3 aliphatic rings. The van der Waals surface area contributed by atoms with Crippen LogP contribution in [0.5, 0.6) is 11.5 Å². The number of nitrogens with zero attached hydrogens (tertiary/aromatic N) is 2. The fourth-order valence-electron chi connectivity index (χ4n) is 6.94. The fourth-order valence-corrected chi connectivity index (χ4v) is 6.94. The van der Waals surface area contributed by atoms with Gasteiger partial charge >= 0.3 is 0 Å². The molecular formula is C36H34N2O4. The second-order valence-corrected chi connectivity index (χ2v) is 11.3. The summed E-state index contributed by atoms with van der Waals surface area (Å²) in [5.41, 5.74) is 2.09. The van der Waals surface area contributed by atoms with Gasteiger partial charge in [-0.2, -0.15) is 0 Å². The highest BCUT2D eigenvalue weighted by atomic mass is 16.5. The second kappa shape index (κ2) is 11.4. The van der Waals surface area contributed by atoms with Crippen LogP contribution >= 0.6 is 0 Å². The molecule has 0 aromatic heterocycles. The SMILES string of the molecule is O=C1[C@@H](Oc2ccccc2)[C@@H](c2ccccc2)N1[C@@H]1CCCC[C@H]1N1C(=O)[C@H](Oc2ccccc2)[C@@H]1c1ccccc1. The van der Waals surface area contributed by atoms with Crippen molar-refractivity contribution in [3.63, 3.8) is 0 Å². The van der Waals surface area contributed by atoms with Crippen LogP contribution in [0.4, 0.5) is 0 Å². The lowest BCUT2D eigenvalue weighted by Crippen LogP contribution is -2.73. The Hall–Kier alpha value is -4.58. The zero-order valence-electron chi connectivity index (χ0n) is 23.4. The zero-order chi connectivity index (χ0) is 28.5. The van der Waals surface area contributed by atoms with Crippen LogP contribution in [-0.2, 0) is 9.59 Å². The van der Waals surface area contributed by atoms with Crippen LogP contribution in [0.25, 0.3) is 0 Å². The van der Waals surface area contributed by atoms with E-state index < -0.39 is 12.2 Å². The number of hydrogen-bond acceptors (Lipinski definition) is 4. The van der Waals surface area contributed by atoms with E-state index in [1.165, 1.54) is 0 Å². The number of rotatable bonds is 8. The summed E-state index contributed by atoms with van der Waals surface area (Å²) in [6, 6.07) is 38.6. The molecule has 7 rings (SSSR count). The van der Waals surface area contributed by atoms with E-state index in [-0.39, 0.29) is 36.0 Å². The molecule has 0 spiro atoms. The quantitative estimate of drug-likeness (QED) is 0.236. The van der Waals surface area contributed by atoms with E-state index in [4.69, 9.17) is 9.47 Å². The molecular weight excluding hydrogens is 524 g/mol. The molecule has 4 aromatic carbocycles. The normalized spacial score (nSPS) is 27.1. The standard InChI is InChI=1S/C36H34N2O4/c39-35-33(41-27-19-9-3-10-20-27)31(25-15-5-1-6-16-25)37(35)29-23-13-14-24-30(29)38-32(26-17-7-2-8-18-26)34(36(38)40)42-28-21-11-4-12-22-28/h1-12,15-22,29-34H,13-14,23-24H2/t29-,30-,31-,32+,33+,34-/m1/s1. The maximum atomic E-state index is 13.9. The Morgan fingerprint density at radius 3 is 1.17 bits per heavy atom. The summed E-state index contributed by atoms with van der Waals surface area (Å²) in [4.78, 5) is 31.9. The number of likely N-dealkylation sites (tertiary alicyclic amines) is 2. The Morgan fingerprint density at radius 2 is 0.810 bits per heavy atom. The van der Waals surface area contributed by atoms with E-state index >= 15 is 0 Å². The average molecular weight is 559 g/mol. The molecule has 6 nitrogen and oxygen atoms in total. The van der Waals surface area contributed by atoms with Crippen molar-refractivity contribution in [1.29, 1.82) is 0 Å². The van der Waals surface area contributed by atoms with Crippen molar-refractivity contribution in [2.24, 2.45) is 0 Å². The van der Waals surface area contributed by atoms with E-state index in [1.807, 2.05) is 107 Å². The van der Waals surface area contributed by atoms with Crippen LogP contribution in [0.15, 0.2) is 121 Å². The summed E-state index contributed by atoms with van der Waals surface area (Å²) in [7, 11) is 0. The molecule has 2 heterocycles. The minimum Gasteiger partial charge on any atom is -0.478 e. The Balaban J connectivity index is 1.21. The van der Waals surface area contributed by atoms with Gasteiger partial charge in [0.25, 0.3) is 11.8 Å². The molecule has 0 radical (unpaired) electrons. The Labute approximate surface area is 246 Å². The first-order valence-corrected chi connectivity index (χ1v) is 14.9. The van der Waals surface area contributed by atoms with Gasteiger partial charge in [0.1, 0.15) is 23.6 Å². The second-order valence-electron chi connectivity index (χ2n) is 11.3. The summed E-state index contributed by atoms with van der Waals surface area (Å²) in [5.74, 6) is 1.32. The van der Waals surface area contributed by atoms with E-state index in [2.05, 4.69) is 24.3 Å². The maximum absolute atomic E-state index is 13.9. The van der Waals surface area contributed by atoms with Crippen molar-refractivity contribution in [3.8, 4) is 11.5 Å². The van der Waals surface area contributed by atoms with Gasteiger partial charge < -0.3 is 19.3 Å². The Morgan fingerprint density at radius 1 is 0.476 bits per heavy atom. The average Bonchev–Trinajstić information content (AvgIpc) is 3.05. The molecule has 0 unspecified atom stereocenters. The van der Waals surface area contributed by atoms with E-state index in [9.17, 15) is 9.59 Å². The van der Waals surface area contributed by atoms with Crippen LogP contribution in [-0.4, -0.2) is 45.9 Å². The molecule has 2 amide bonds. The number of ether oxygens (including phenoxy) is 2. The summed E-state index contributed by atoms with van der Waals surface area (Å²) in [6.07, 6.45) is 2.49. The molecule has 2 saturated heterocycles. The highest BCUT2D eigenvalue weighted by Gasteiger charge is 2.59. The van der Waals surface area contributed by atoms with E-state index in [0.717, 1.165) is 36.8 Å². The number of carbonyl (C=O) groups excluding carboxylic acids is 2. The van der Waals surface area contributed by atoms with Crippen molar-refractivity contribution in [1.82, 2.24) is 9.80 Å². The van der Waals surface area contributed by atoms with Crippen molar-refractivity contribution >= 4 is 11.8 Å². The van der Waals surface area contributed by atoms with Crippen LogP contribution in [0.3, 0.4) is 0 Å². The molecule has 6 atom stereocenters. The summed E-state index contributed by atoms with van der Waals surface area (Å²) < 4.78 is 12.6. The predicted molar refractivity (Wildman–Crippen MR) is 160 cm³/mol. The third kappa shape index (κ3) is 4.71. The minimum atomic E-state index is -0.608. The topological polar surface area (TPSA) is 59.1 Å². The third-order valence-corrected chi connectivity index (χ3v) is 8.87.